The Balaban J connectivity index is 1.62. The van der Waals surface area contributed by atoms with E-state index in [1.54, 1.807) is 11.0 Å². The molecule has 0 spiro atoms. The minimum atomic E-state index is -0.947. The van der Waals surface area contributed by atoms with E-state index in [2.05, 4.69) is 13.8 Å². The number of likely N-dealkylation sites (tertiary alicyclic amines) is 1. The summed E-state index contributed by atoms with van der Waals surface area (Å²) in [5, 5.41) is 40.0. The smallest absolute Gasteiger partial charge is 0.246 e. The molecule has 1 heterocycles. The Morgan fingerprint density at radius 3 is 2.54 bits per heavy atom. The van der Waals surface area contributed by atoms with Crippen LogP contribution >= 0.6 is 0 Å². The van der Waals surface area contributed by atoms with Gasteiger partial charge in [0.05, 0.1) is 5.60 Å². The van der Waals surface area contributed by atoms with Crippen LogP contribution < -0.4 is 0 Å². The molecule has 0 unspecified atom stereocenters. The zero-order valence-corrected chi connectivity index (χ0v) is 22.3. The van der Waals surface area contributed by atoms with Crippen molar-refractivity contribution >= 4 is 5.91 Å². The van der Waals surface area contributed by atoms with Crippen LogP contribution in [0.4, 0.5) is 0 Å². The lowest BCUT2D eigenvalue weighted by Crippen LogP contribution is -2.57. The van der Waals surface area contributed by atoms with Crippen LogP contribution in [0.2, 0.25) is 0 Å². The second kappa shape index (κ2) is 12.0. The normalized spacial score (nSPS) is 34.3. The fraction of sp³-hybridized carbons (Fsp3) is 0.893. The van der Waals surface area contributed by atoms with Crippen LogP contribution in [-0.2, 0) is 9.53 Å². The summed E-state index contributed by atoms with van der Waals surface area (Å²) in [6, 6.07) is 0. The van der Waals surface area contributed by atoms with E-state index in [-0.39, 0.29) is 37.6 Å². The topological polar surface area (TPSA) is 110 Å². The zero-order chi connectivity index (χ0) is 25.8. The van der Waals surface area contributed by atoms with Crippen molar-refractivity contribution < 1.29 is 30.0 Å². The summed E-state index contributed by atoms with van der Waals surface area (Å²) in [7, 11) is 0. The predicted octanol–water partition coefficient (Wildman–Crippen LogP) is 3.04. The molecule has 7 nitrogen and oxygen atoms in total. The first-order chi connectivity index (χ1) is 16.5. The first-order valence-electron chi connectivity index (χ1n) is 13.8. The highest BCUT2D eigenvalue weighted by molar-refractivity contribution is 5.88. The fourth-order valence-electron chi connectivity index (χ4n) is 7.17. The summed E-state index contributed by atoms with van der Waals surface area (Å²) in [5.41, 5.74) is 0.829. The molecule has 1 saturated heterocycles. The van der Waals surface area contributed by atoms with Crippen molar-refractivity contribution in [2.24, 2.45) is 23.2 Å². The Morgan fingerprint density at radius 1 is 1.23 bits per heavy atom. The quantitative estimate of drug-likeness (QED) is 0.274. The van der Waals surface area contributed by atoms with Gasteiger partial charge in [0.1, 0.15) is 18.3 Å². The standard InChI is InChI=1S/C28H49NO6/c1-19(8-5-12-27(2,3)34)21-10-11-22-20(9-6-13-28(21,22)4)16-25(33)29-17-23(31)26(24(32)18-29)35-15-7-14-30/h16,19,21-24,26,30-32,34H,5-15,17-18H2,1-4H3/b20-16+/t19-,21-,22+,23-,24-,28-/m1/s1. The maximum absolute atomic E-state index is 13.2. The summed E-state index contributed by atoms with van der Waals surface area (Å²) in [5.74, 6) is 1.51. The van der Waals surface area contributed by atoms with Crippen LogP contribution in [-0.4, -0.2) is 81.4 Å². The molecular formula is C28H49NO6. The van der Waals surface area contributed by atoms with E-state index in [0.717, 1.165) is 38.5 Å². The number of allylic oxidation sites excluding steroid dienone is 1. The number of hydrogen-bond donors (Lipinski definition) is 4. The minimum absolute atomic E-state index is 0.00233. The highest BCUT2D eigenvalue weighted by atomic mass is 16.5. The van der Waals surface area contributed by atoms with E-state index >= 15 is 0 Å². The second-order valence-corrected chi connectivity index (χ2v) is 12.3. The van der Waals surface area contributed by atoms with Crippen LogP contribution in [0.5, 0.6) is 0 Å². The van der Waals surface area contributed by atoms with Crippen molar-refractivity contribution in [3.8, 4) is 0 Å². The Hall–Kier alpha value is -0.990. The summed E-state index contributed by atoms with van der Waals surface area (Å²) < 4.78 is 5.55. The summed E-state index contributed by atoms with van der Waals surface area (Å²) in [6.45, 7) is 9.10. The molecule has 0 radical (unpaired) electrons. The first kappa shape index (κ1) is 28.6. The average molecular weight is 496 g/mol. The van der Waals surface area contributed by atoms with Crippen LogP contribution in [0.15, 0.2) is 11.6 Å². The molecule has 3 rings (SSSR count). The monoisotopic (exact) mass is 495 g/mol. The van der Waals surface area contributed by atoms with Crippen LogP contribution in [0.3, 0.4) is 0 Å². The van der Waals surface area contributed by atoms with Crippen molar-refractivity contribution in [3.05, 3.63) is 11.6 Å². The maximum Gasteiger partial charge on any atom is 0.246 e. The molecule has 6 atom stereocenters. The van der Waals surface area contributed by atoms with Crippen molar-refractivity contribution in [1.29, 1.82) is 0 Å². The van der Waals surface area contributed by atoms with E-state index in [1.807, 2.05) is 13.8 Å². The maximum atomic E-state index is 13.2. The minimum Gasteiger partial charge on any atom is -0.396 e. The number of ether oxygens (including phenoxy) is 1. The second-order valence-electron chi connectivity index (χ2n) is 12.3. The number of β-amino-alcohol motifs (C(OH)–C–C–N with tert-alkyl or cyclic N) is 2. The largest absolute Gasteiger partial charge is 0.396 e. The van der Waals surface area contributed by atoms with Gasteiger partial charge in [-0.2, -0.15) is 0 Å². The molecule has 35 heavy (non-hydrogen) atoms. The Kier molecular flexibility index (Phi) is 9.83. The number of amides is 1. The number of fused-ring (bicyclic) bond motifs is 1. The van der Waals surface area contributed by atoms with Gasteiger partial charge in [0.25, 0.3) is 0 Å². The van der Waals surface area contributed by atoms with Crippen molar-refractivity contribution in [2.75, 3.05) is 26.3 Å². The molecule has 1 aliphatic heterocycles. The number of aliphatic hydroxyl groups is 4. The number of carbonyl (C=O) groups is 1. The van der Waals surface area contributed by atoms with Gasteiger partial charge in [-0.05, 0) is 82.0 Å². The Bertz CT molecular complexity index is 721. The number of rotatable bonds is 10. The summed E-state index contributed by atoms with van der Waals surface area (Å²) in [6.07, 6.45) is 8.13. The van der Waals surface area contributed by atoms with Gasteiger partial charge in [-0.3, -0.25) is 4.79 Å². The number of carbonyl (C=O) groups excluding carboxylic acids is 1. The van der Waals surface area contributed by atoms with Crippen molar-refractivity contribution in [2.45, 2.75) is 109 Å². The Labute approximate surface area is 211 Å². The predicted molar refractivity (Wildman–Crippen MR) is 136 cm³/mol. The molecular weight excluding hydrogens is 446 g/mol. The van der Waals surface area contributed by atoms with E-state index in [1.165, 1.54) is 18.4 Å². The van der Waals surface area contributed by atoms with Gasteiger partial charge >= 0.3 is 0 Å². The molecule has 7 heteroatoms. The van der Waals surface area contributed by atoms with Gasteiger partial charge in [-0.1, -0.05) is 32.3 Å². The van der Waals surface area contributed by atoms with Crippen LogP contribution in [0.25, 0.3) is 0 Å². The summed E-state index contributed by atoms with van der Waals surface area (Å²) in [4.78, 5) is 14.7. The lowest BCUT2D eigenvalue weighted by atomic mass is 9.60. The van der Waals surface area contributed by atoms with Crippen molar-refractivity contribution in [1.82, 2.24) is 4.90 Å². The van der Waals surface area contributed by atoms with Gasteiger partial charge in [0, 0.05) is 32.4 Å². The van der Waals surface area contributed by atoms with Gasteiger partial charge in [0.2, 0.25) is 5.91 Å². The molecule has 3 fully saturated rings. The highest BCUT2D eigenvalue weighted by Crippen LogP contribution is 2.59. The third-order valence-electron chi connectivity index (χ3n) is 8.98. The summed E-state index contributed by atoms with van der Waals surface area (Å²) >= 11 is 0. The van der Waals surface area contributed by atoms with E-state index in [0.29, 0.717) is 24.2 Å². The number of hydrogen-bond acceptors (Lipinski definition) is 6. The van der Waals surface area contributed by atoms with Gasteiger partial charge in [-0.25, -0.2) is 0 Å². The van der Waals surface area contributed by atoms with Gasteiger partial charge in [0.15, 0.2) is 0 Å². The number of aliphatic hydroxyl groups excluding tert-OH is 3. The molecule has 0 aromatic carbocycles. The van der Waals surface area contributed by atoms with E-state index in [4.69, 9.17) is 9.84 Å². The third kappa shape index (κ3) is 7.07. The molecule has 202 valence electrons. The first-order valence-corrected chi connectivity index (χ1v) is 13.8. The van der Waals surface area contributed by atoms with E-state index < -0.39 is 23.9 Å². The molecule has 1 amide bonds. The number of piperidine rings is 1. The number of nitrogens with zero attached hydrogens (tertiary/aromatic N) is 1. The Morgan fingerprint density at radius 2 is 1.91 bits per heavy atom. The highest BCUT2D eigenvalue weighted by Gasteiger charge is 2.51. The molecule has 3 aliphatic rings. The fourth-order valence-corrected chi connectivity index (χ4v) is 7.17. The molecule has 2 aliphatic carbocycles. The molecule has 0 aromatic rings. The van der Waals surface area contributed by atoms with E-state index in [9.17, 15) is 20.1 Å². The molecule has 2 saturated carbocycles. The van der Waals surface area contributed by atoms with Crippen LogP contribution in [0, 0.1) is 23.2 Å². The lowest BCUT2D eigenvalue weighted by molar-refractivity contribution is -0.155. The third-order valence-corrected chi connectivity index (χ3v) is 8.98. The zero-order valence-electron chi connectivity index (χ0n) is 22.3. The van der Waals surface area contributed by atoms with Gasteiger partial charge < -0.3 is 30.1 Å². The SMILES string of the molecule is C[C@H](CCCC(C)(C)O)[C@H]1CC[C@H]2/C(=C/C(=O)N3C[C@@H](O)C(OCCCO)[C@H](O)C3)CCC[C@]12C. The molecule has 0 bridgehead atoms. The molecule has 0 aromatic heterocycles. The van der Waals surface area contributed by atoms with Crippen molar-refractivity contribution in [3.63, 3.8) is 0 Å². The van der Waals surface area contributed by atoms with Crippen LogP contribution in [0.1, 0.15) is 85.5 Å². The lowest BCUT2D eigenvalue weighted by Gasteiger charge is -2.45. The molecule has 4 N–H and O–H groups in total. The van der Waals surface area contributed by atoms with Gasteiger partial charge in [-0.15, -0.1) is 0 Å². The average Bonchev–Trinajstić information content (AvgIpc) is 3.12.